The summed E-state index contributed by atoms with van der Waals surface area (Å²) in [5.41, 5.74) is -1.39. The second-order valence-electron chi connectivity index (χ2n) is 6.58. The SMILES string of the molecule is O=C(O)C(=C(Cl)C(Cl)(Cl)C(Cl)(Cl)C(Cl)(Cl)C(Cl)(Cl)C(Cl)(Cl)C(Cl)(Cl)C(Cl)(Cl)C(Cl)(Cl)Cl)C(Cl)(Cl)C(Cl)(Cl)Cl. The van der Waals surface area contributed by atoms with Crippen LogP contribution >= 0.6 is 267 Å². The van der Waals surface area contributed by atoms with E-state index in [0.717, 1.165) is 0 Å². The summed E-state index contributed by atoms with van der Waals surface area (Å²) in [6.07, 6.45) is 0. The molecular weight excluding hydrogens is 1000 g/mol. The van der Waals surface area contributed by atoms with Crippen LogP contribution in [0.15, 0.2) is 10.6 Å². The number of rotatable bonds is 9. The number of halogens is 23. The first-order chi connectivity index (χ1) is 16.0. The zero-order valence-electron chi connectivity index (χ0n) is 16.0. The lowest BCUT2D eigenvalue weighted by Gasteiger charge is -2.54. The van der Waals surface area contributed by atoms with E-state index in [2.05, 4.69) is 0 Å². The molecule has 0 aromatic heterocycles. The van der Waals surface area contributed by atoms with E-state index >= 15 is 0 Å². The first-order valence-corrected chi connectivity index (χ1v) is 16.5. The first kappa shape index (κ1) is 43.9. The van der Waals surface area contributed by atoms with Crippen molar-refractivity contribution in [2.24, 2.45) is 0 Å². The van der Waals surface area contributed by atoms with Gasteiger partial charge in [0.2, 0.25) is 11.9 Å². The molecule has 0 aliphatic heterocycles. The number of carboxylic acids is 1. The topological polar surface area (TPSA) is 37.3 Å². The van der Waals surface area contributed by atoms with E-state index in [1.165, 1.54) is 0 Å². The molecule has 38 heavy (non-hydrogen) atoms. The smallest absolute Gasteiger partial charge is 0.336 e. The Hall–Kier alpha value is 5.88. The fourth-order valence-electron chi connectivity index (χ4n) is 1.97. The van der Waals surface area contributed by atoms with Gasteiger partial charge in [0.15, 0.2) is 30.3 Å². The molecule has 0 fully saturated rings. The standard InChI is InChI=1S/C13HCl23O2/c14-2(1(3(37)38)4(15,16)12(31,32)33)5(17,18)6(19,20)7(21,22)8(23,24)9(25,26)10(27,28)11(29,30)13(34,35)36/h(H,37,38). The molecule has 0 aromatic carbocycles. The molecular formula is C13HCl23O2. The summed E-state index contributed by atoms with van der Waals surface area (Å²) in [4.78, 5) is 12.0. The van der Waals surface area contributed by atoms with Crippen LogP contribution in [0.1, 0.15) is 0 Å². The van der Waals surface area contributed by atoms with Gasteiger partial charge in [0.05, 0.1) is 10.6 Å². The quantitative estimate of drug-likeness (QED) is 0.185. The Morgan fingerprint density at radius 3 is 0.895 bits per heavy atom. The summed E-state index contributed by atoms with van der Waals surface area (Å²) in [6.45, 7) is 0. The van der Waals surface area contributed by atoms with E-state index in [4.69, 9.17) is 267 Å². The molecule has 0 heterocycles. The van der Waals surface area contributed by atoms with Crippen LogP contribution in [0, 0.1) is 0 Å². The van der Waals surface area contributed by atoms with Crippen LogP contribution in [0.25, 0.3) is 0 Å². The van der Waals surface area contributed by atoms with Crippen LogP contribution in [0.3, 0.4) is 0 Å². The van der Waals surface area contributed by atoms with Gasteiger partial charge in [-0.1, -0.05) is 267 Å². The van der Waals surface area contributed by atoms with E-state index < -0.39 is 58.8 Å². The molecule has 0 saturated heterocycles. The van der Waals surface area contributed by atoms with E-state index in [0.29, 0.717) is 0 Å². The van der Waals surface area contributed by atoms with Gasteiger partial charge in [0, 0.05) is 0 Å². The third-order valence-electron chi connectivity index (χ3n) is 4.10. The van der Waals surface area contributed by atoms with E-state index in [-0.39, 0.29) is 0 Å². The lowest BCUT2D eigenvalue weighted by atomic mass is 10.0. The minimum atomic E-state index is -3.36. The molecule has 0 amide bonds. The minimum absolute atomic E-state index is 1.34. The summed E-state index contributed by atoms with van der Waals surface area (Å²) in [6, 6.07) is 0. The maximum atomic E-state index is 12.0. The van der Waals surface area contributed by atoms with E-state index in [1.807, 2.05) is 0 Å². The summed E-state index contributed by atoms with van der Waals surface area (Å²) in [5.74, 6) is -2.06. The Bertz CT molecular complexity index is 947. The summed E-state index contributed by atoms with van der Waals surface area (Å²) >= 11 is 139. The molecule has 0 atom stereocenters. The molecule has 0 aliphatic carbocycles. The highest BCUT2D eigenvalue weighted by Crippen LogP contribution is 2.73. The predicted octanol–water partition coefficient (Wildman–Crippen LogP) is 13.7. The van der Waals surface area contributed by atoms with Crippen molar-refractivity contribution in [3.05, 3.63) is 10.6 Å². The molecule has 226 valence electrons. The normalized spacial score (nSPS) is 16.9. The van der Waals surface area contributed by atoms with Crippen molar-refractivity contribution in [2.45, 2.75) is 42.3 Å². The van der Waals surface area contributed by atoms with Gasteiger partial charge in [0.25, 0.3) is 0 Å². The molecule has 0 bridgehead atoms. The highest BCUT2D eigenvalue weighted by molar-refractivity contribution is 6.83. The molecule has 0 spiro atoms. The number of carboxylic acid groups (broad SMARTS) is 1. The van der Waals surface area contributed by atoms with Crippen LogP contribution < -0.4 is 0 Å². The van der Waals surface area contributed by atoms with Crippen molar-refractivity contribution in [3.8, 4) is 0 Å². The second-order valence-corrected chi connectivity index (χ2v) is 22.1. The Balaban J connectivity index is 7.43. The molecule has 0 aliphatic rings. The maximum absolute atomic E-state index is 12.0. The van der Waals surface area contributed by atoms with E-state index in [9.17, 15) is 9.90 Å². The van der Waals surface area contributed by atoms with Crippen LogP contribution in [0.2, 0.25) is 0 Å². The molecule has 2 nitrogen and oxygen atoms in total. The van der Waals surface area contributed by atoms with Crippen LogP contribution in [-0.4, -0.2) is 53.3 Å². The number of hydrogen-bond acceptors (Lipinski definition) is 1. The summed E-state index contributed by atoms with van der Waals surface area (Å²) < 4.78 is -31.2. The molecule has 0 rings (SSSR count). The molecule has 0 radical (unpaired) electrons. The largest absolute Gasteiger partial charge is 0.478 e. The van der Waals surface area contributed by atoms with Crippen LogP contribution in [0.5, 0.6) is 0 Å². The fourth-order valence-corrected chi connectivity index (χ4v) is 8.34. The molecule has 0 unspecified atom stereocenters. The fraction of sp³-hybridized carbons (Fsp3) is 0.769. The van der Waals surface area contributed by atoms with Gasteiger partial charge in [-0.15, -0.1) is 0 Å². The predicted molar refractivity (Wildman–Crippen MR) is 177 cm³/mol. The number of aliphatic carboxylic acids is 1. The van der Waals surface area contributed by atoms with Crippen LogP contribution in [0.4, 0.5) is 0 Å². The van der Waals surface area contributed by atoms with E-state index in [1.54, 1.807) is 0 Å². The van der Waals surface area contributed by atoms with Crippen molar-refractivity contribution >= 4 is 273 Å². The maximum Gasteiger partial charge on any atom is 0.336 e. The monoisotopic (exact) mass is 993 g/mol. The minimum Gasteiger partial charge on any atom is -0.478 e. The average Bonchev–Trinajstić information content (AvgIpc) is 2.64. The zero-order valence-corrected chi connectivity index (χ0v) is 33.4. The van der Waals surface area contributed by atoms with Crippen molar-refractivity contribution < 1.29 is 9.90 Å². The lowest BCUT2D eigenvalue weighted by molar-refractivity contribution is -0.132. The Labute approximate surface area is 330 Å². The summed E-state index contributed by atoms with van der Waals surface area (Å²) in [7, 11) is 0. The molecule has 1 N–H and O–H groups in total. The van der Waals surface area contributed by atoms with Gasteiger partial charge in [-0.05, 0) is 0 Å². The number of alkyl halides is 22. The molecule has 25 heteroatoms. The number of hydrogen-bond donors (Lipinski definition) is 1. The highest BCUT2D eigenvalue weighted by atomic mass is 35.6. The van der Waals surface area contributed by atoms with Crippen molar-refractivity contribution in [3.63, 3.8) is 0 Å². The Morgan fingerprint density at radius 2 is 0.658 bits per heavy atom. The summed E-state index contributed by atoms with van der Waals surface area (Å²) in [5, 5.41) is 8.34. The first-order valence-electron chi connectivity index (χ1n) is 7.77. The highest BCUT2D eigenvalue weighted by Gasteiger charge is 2.81. The van der Waals surface area contributed by atoms with Gasteiger partial charge in [0.1, 0.15) is 0 Å². The van der Waals surface area contributed by atoms with Crippen molar-refractivity contribution in [1.82, 2.24) is 0 Å². The van der Waals surface area contributed by atoms with Gasteiger partial charge in [-0.2, -0.15) is 0 Å². The lowest BCUT2D eigenvalue weighted by Crippen LogP contribution is -2.70. The van der Waals surface area contributed by atoms with Gasteiger partial charge < -0.3 is 5.11 Å². The number of carbonyl (C=O) groups is 1. The molecule has 0 aromatic rings. The third kappa shape index (κ3) is 7.31. The van der Waals surface area contributed by atoms with Crippen molar-refractivity contribution in [2.75, 3.05) is 0 Å². The molecule has 0 saturated carbocycles. The average molecular weight is 1000 g/mol. The van der Waals surface area contributed by atoms with Crippen LogP contribution in [-0.2, 0) is 4.79 Å². The van der Waals surface area contributed by atoms with Crippen molar-refractivity contribution in [1.29, 1.82) is 0 Å². The third-order valence-corrected chi connectivity index (χ3v) is 18.6. The number of allylic oxidation sites excluding steroid dienone is 1. The Kier molecular flexibility index (Phi) is 15.5. The second kappa shape index (κ2) is 13.4. The van der Waals surface area contributed by atoms with Gasteiger partial charge in [-0.25, -0.2) is 4.79 Å². The van der Waals surface area contributed by atoms with Gasteiger partial charge in [-0.3, -0.25) is 0 Å². The zero-order chi connectivity index (χ0) is 31.7. The Morgan fingerprint density at radius 1 is 0.395 bits per heavy atom. The van der Waals surface area contributed by atoms with Gasteiger partial charge >= 0.3 is 5.97 Å².